The third-order valence-corrected chi connectivity index (χ3v) is 4.05. The number of phenolic OH excluding ortho intramolecular Hbond substituents is 2. The summed E-state index contributed by atoms with van der Waals surface area (Å²) in [6, 6.07) is 11.0. The molecule has 0 amide bonds. The third kappa shape index (κ3) is 2.54. The van der Waals surface area contributed by atoms with Crippen molar-refractivity contribution in [2.24, 2.45) is 0 Å². The molecule has 4 heteroatoms. The van der Waals surface area contributed by atoms with Crippen molar-refractivity contribution in [1.29, 1.82) is 0 Å². The van der Waals surface area contributed by atoms with Gasteiger partial charge in [0.2, 0.25) is 0 Å². The number of benzene rings is 2. The second-order valence-corrected chi connectivity index (χ2v) is 5.56. The van der Waals surface area contributed by atoms with Gasteiger partial charge in [-0.25, -0.2) is 0 Å². The summed E-state index contributed by atoms with van der Waals surface area (Å²) in [5.74, 6) is 1.15. The monoisotopic (exact) mass is 285 g/mol. The van der Waals surface area contributed by atoms with Crippen LogP contribution in [0.3, 0.4) is 0 Å². The Morgan fingerprint density at radius 3 is 2.52 bits per heavy atom. The van der Waals surface area contributed by atoms with Gasteiger partial charge in [0.25, 0.3) is 0 Å². The van der Waals surface area contributed by atoms with Crippen LogP contribution < -0.4 is 4.74 Å². The molecule has 0 saturated heterocycles. The average Bonchev–Trinajstić information content (AvgIpc) is 2.46. The number of methoxy groups -OCH3 is 1. The van der Waals surface area contributed by atoms with Crippen molar-refractivity contribution in [2.75, 3.05) is 20.7 Å². The quantitative estimate of drug-likeness (QED) is 0.890. The van der Waals surface area contributed by atoms with Crippen LogP contribution in [0.2, 0.25) is 0 Å². The molecule has 110 valence electrons. The van der Waals surface area contributed by atoms with E-state index in [1.807, 2.05) is 18.2 Å². The number of fused-ring (bicyclic) bond motifs is 1. The van der Waals surface area contributed by atoms with Gasteiger partial charge in [-0.15, -0.1) is 0 Å². The Bertz CT molecular complexity index is 652. The zero-order chi connectivity index (χ0) is 15.0. The number of likely N-dealkylation sites (N-methyl/N-ethyl adjacent to an activating group) is 1. The van der Waals surface area contributed by atoms with E-state index in [0.717, 1.165) is 24.2 Å². The van der Waals surface area contributed by atoms with Crippen molar-refractivity contribution in [1.82, 2.24) is 4.90 Å². The van der Waals surface area contributed by atoms with E-state index in [2.05, 4.69) is 11.9 Å². The average molecular weight is 285 g/mol. The molecular weight excluding hydrogens is 266 g/mol. The molecule has 0 unspecified atom stereocenters. The van der Waals surface area contributed by atoms with Crippen molar-refractivity contribution >= 4 is 0 Å². The summed E-state index contributed by atoms with van der Waals surface area (Å²) in [6.07, 6.45) is 0. The predicted molar refractivity (Wildman–Crippen MR) is 80.9 cm³/mol. The summed E-state index contributed by atoms with van der Waals surface area (Å²) >= 11 is 0. The molecule has 0 saturated carbocycles. The first kappa shape index (κ1) is 13.8. The lowest BCUT2D eigenvalue weighted by molar-refractivity contribution is 0.292. The molecule has 1 heterocycles. The topological polar surface area (TPSA) is 52.9 Å². The summed E-state index contributed by atoms with van der Waals surface area (Å²) in [4.78, 5) is 2.23. The largest absolute Gasteiger partial charge is 0.508 e. The highest BCUT2D eigenvalue weighted by Crippen LogP contribution is 2.39. The van der Waals surface area contributed by atoms with Crippen molar-refractivity contribution in [3.8, 4) is 17.2 Å². The second-order valence-electron chi connectivity index (χ2n) is 5.56. The lowest BCUT2D eigenvalue weighted by Crippen LogP contribution is -2.31. The Labute approximate surface area is 124 Å². The minimum absolute atomic E-state index is 0.177. The Morgan fingerprint density at radius 2 is 1.86 bits per heavy atom. The molecule has 0 spiro atoms. The molecule has 2 N–H and O–H groups in total. The second kappa shape index (κ2) is 5.30. The maximum atomic E-state index is 9.97. The summed E-state index contributed by atoms with van der Waals surface area (Å²) < 4.78 is 5.24. The number of aromatic hydroxyl groups is 2. The molecule has 0 aromatic heterocycles. The van der Waals surface area contributed by atoms with Crippen LogP contribution in [0.1, 0.15) is 22.6 Å². The fraction of sp³-hybridized carbons (Fsp3) is 0.294. The van der Waals surface area contributed by atoms with E-state index < -0.39 is 0 Å². The van der Waals surface area contributed by atoms with E-state index in [1.165, 1.54) is 5.56 Å². The van der Waals surface area contributed by atoms with E-state index >= 15 is 0 Å². The molecule has 2 aromatic carbocycles. The van der Waals surface area contributed by atoms with Crippen LogP contribution in [-0.4, -0.2) is 35.8 Å². The van der Waals surface area contributed by atoms with E-state index in [1.54, 1.807) is 25.3 Å². The minimum atomic E-state index is 0.177. The number of nitrogens with zero attached hydrogens (tertiary/aromatic N) is 1. The van der Waals surface area contributed by atoms with Crippen LogP contribution in [0, 0.1) is 0 Å². The highest BCUT2D eigenvalue weighted by Gasteiger charge is 2.26. The third-order valence-electron chi connectivity index (χ3n) is 4.05. The van der Waals surface area contributed by atoms with Crippen LogP contribution in [0.4, 0.5) is 0 Å². The molecule has 21 heavy (non-hydrogen) atoms. The van der Waals surface area contributed by atoms with Gasteiger partial charge in [-0.05, 0) is 48.0 Å². The molecule has 1 atom stereocenters. The summed E-state index contributed by atoms with van der Waals surface area (Å²) in [7, 11) is 3.63. The number of rotatable bonds is 2. The van der Waals surface area contributed by atoms with Gasteiger partial charge >= 0.3 is 0 Å². The number of hydrogen-bond donors (Lipinski definition) is 2. The van der Waals surface area contributed by atoms with Crippen molar-refractivity contribution < 1.29 is 14.9 Å². The van der Waals surface area contributed by atoms with E-state index in [0.29, 0.717) is 5.75 Å². The van der Waals surface area contributed by atoms with E-state index in [-0.39, 0.29) is 17.4 Å². The number of phenols is 2. The fourth-order valence-corrected chi connectivity index (χ4v) is 3.01. The molecule has 0 bridgehead atoms. The highest BCUT2D eigenvalue weighted by atomic mass is 16.5. The molecule has 0 fully saturated rings. The van der Waals surface area contributed by atoms with Crippen LogP contribution in [0.5, 0.6) is 17.2 Å². The molecule has 2 aromatic rings. The van der Waals surface area contributed by atoms with Crippen molar-refractivity contribution in [2.45, 2.75) is 12.5 Å². The zero-order valence-electron chi connectivity index (χ0n) is 12.2. The Hall–Kier alpha value is -2.20. The van der Waals surface area contributed by atoms with Gasteiger partial charge in [-0.1, -0.05) is 12.1 Å². The van der Waals surface area contributed by atoms with Gasteiger partial charge in [-0.2, -0.15) is 0 Å². The van der Waals surface area contributed by atoms with E-state index in [9.17, 15) is 10.2 Å². The van der Waals surface area contributed by atoms with Crippen LogP contribution in [0.15, 0.2) is 36.4 Å². The Kier molecular flexibility index (Phi) is 3.47. The molecular formula is C17H19NO3. The molecule has 4 nitrogen and oxygen atoms in total. The smallest absolute Gasteiger partial charge is 0.160 e. The SMILES string of the molecule is COc1cc2c(cc1O)CN(C)C[C@@H]2c1ccc(O)cc1. The zero-order valence-corrected chi connectivity index (χ0v) is 12.2. The highest BCUT2D eigenvalue weighted by molar-refractivity contribution is 5.51. The van der Waals surface area contributed by atoms with E-state index in [4.69, 9.17) is 4.74 Å². The number of ether oxygens (including phenoxy) is 1. The maximum absolute atomic E-state index is 9.97. The maximum Gasteiger partial charge on any atom is 0.160 e. The van der Waals surface area contributed by atoms with Gasteiger partial charge in [-0.3, -0.25) is 0 Å². The van der Waals surface area contributed by atoms with Crippen molar-refractivity contribution in [3.05, 3.63) is 53.1 Å². The molecule has 3 rings (SSSR count). The Balaban J connectivity index is 2.09. The minimum Gasteiger partial charge on any atom is -0.508 e. The first-order valence-corrected chi connectivity index (χ1v) is 6.95. The van der Waals surface area contributed by atoms with Gasteiger partial charge < -0.3 is 19.8 Å². The first-order chi connectivity index (χ1) is 10.1. The van der Waals surface area contributed by atoms with Gasteiger partial charge in [0.05, 0.1) is 7.11 Å². The van der Waals surface area contributed by atoms with Crippen molar-refractivity contribution in [3.63, 3.8) is 0 Å². The summed E-state index contributed by atoms with van der Waals surface area (Å²) in [6.45, 7) is 1.70. The summed E-state index contributed by atoms with van der Waals surface area (Å²) in [5.41, 5.74) is 3.43. The van der Waals surface area contributed by atoms with Crippen LogP contribution in [0.25, 0.3) is 0 Å². The molecule has 1 aliphatic heterocycles. The standard InChI is InChI=1S/C17H19NO3/c1-18-9-12-7-16(20)17(21-2)8-14(12)15(10-18)11-3-5-13(19)6-4-11/h3-8,15,19-20H,9-10H2,1-2H3/t15-/m1/s1. The predicted octanol–water partition coefficient (Wildman–Crippen LogP) is 2.68. The molecule has 0 aliphatic carbocycles. The van der Waals surface area contributed by atoms with Gasteiger partial charge in [0.1, 0.15) is 5.75 Å². The normalized spacial score (nSPS) is 18.3. The lowest BCUT2D eigenvalue weighted by Gasteiger charge is -2.33. The van der Waals surface area contributed by atoms with Crippen LogP contribution in [-0.2, 0) is 6.54 Å². The van der Waals surface area contributed by atoms with Gasteiger partial charge in [0, 0.05) is 19.0 Å². The summed E-state index contributed by atoms with van der Waals surface area (Å²) in [5, 5.41) is 19.4. The lowest BCUT2D eigenvalue weighted by atomic mass is 9.84. The van der Waals surface area contributed by atoms with Crippen LogP contribution >= 0.6 is 0 Å². The Morgan fingerprint density at radius 1 is 1.14 bits per heavy atom. The molecule has 0 radical (unpaired) electrons. The fourth-order valence-electron chi connectivity index (χ4n) is 3.01. The van der Waals surface area contributed by atoms with Gasteiger partial charge in [0.15, 0.2) is 11.5 Å². The molecule has 1 aliphatic rings. The first-order valence-electron chi connectivity index (χ1n) is 6.95. The number of hydrogen-bond acceptors (Lipinski definition) is 4.